The zero-order chi connectivity index (χ0) is 13.9. The molecule has 2 nitrogen and oxygen atoms in total. The second kappa shape index (κ2) is 6.38. The van der Waals surface area contributed by atoms with Crippen LogP contribution in [0.15, 0.2) is 17.5 Å². The van der Waals surface area contributed by atoms with Crippen molar-refractivity contribution in [2.24, 2.45) is 5.92 Å². The third-order valence-electron chi connectivity index (χ3n) is 4.43. The van der Waals surface area contributed by atoms with E-state index in [1.54, 1.807) is 0 Å². The quantitative estimate of drug-likeness (QED) is 0.890. The first-order valence-electron chi connectivity index (χ1n) is 7.52. The van der Waals surface area contributed by atoms with Crippen molar-refractivity contribution in [3.05, 3.63) is 22.4 Å². The Labute approximate surface area is 122 Å². The maximum Gasteiger partial charge on any atom is 0.0221 e. The smallest absolute Gasteiger partial charge is 0.0221 e. The number of rotatable bonds is 5. The van der Waals surface area contributed by atoms with Crippen LogP contribution in [0.5, 0.6) is 0 Å². The van der Waals surface area contributed by atoms with Crippen LogP contribution in [0, 0.1) is 5.92 Å². The van der Waals surface area contributed by atoms with Crippen LogP contribution in [0.3, 0.4) is 0 Å². The molecule has 1 saturated heterocycles. The third-order valence-corrected chi connectivity index (χ3v) is 5.66. The lowest BCUT2D eigenvalue weighted by atomic mass is 9.89. The van der Waals surface area contributed by atoms with Crippen LogP contribution >= 0.6 is 11.3 Å². The molecule has 0 aliphatic carbocycles. The Hall–Kier alpha value is -0.380. The van der Waals surface area contributed by atoms with Crippen molar-refractivity contribution in [2.45, 2.75) is 45.6 Å². The van der Waals surface area contributed by atoms with Gasteiger partial charge in [0.05, 0.1) is 0 Å². The second-order valence-electron chi connectivity index (χ2n) is 6.54. The summed E-state index contributed by atoms with van der Waals surface area (Å²) >= 11 is 1.89. The largest absolute Gasteiger partial charge is 0.311 e. The van der Waals surface area contributed by atoms with Crippen molar-refractivity contribution in [3.8, 4) is 0 Å². The minimum absolute atomic E-state index is 0.269. The molecule has 0 spiro atoms. The minimum atomic E-state index is 0.269. The predicted octanol–water partition coefficient (Wildman–Crippen LogP) is 3.35. The van der Waals surface area contributed by atoms with Crippen LogP contribution in [0.2, 0.25) is 0 Å². The van der Waals surface area contributed by atoms with E-state index in [9.17, 15) is 0 Å². The zero-order valence-electron chi connectivity index (χ0n) is 12.8. The van der Waals surface area contributed by atoms with Gasteiger partial charge in [0.2, 0.25) is 0 Å². The number of nitrogens with one attached hydrogen (secondary N) is 1. The van der Waals surface area contributed by atoms with Gasteiger partial charge in [0.15, 0.2) is 0 Å². The number of hydrogen-bond donors (Lipinski definition) is 1. The summed E-state index contributed by atoms with van der Waals surface area (Å²) in [5.41, 5.74) is 0.269. The molecular weight excluding hydrogens is 252 g/mol. The van der Waals surface area contributed by atoms with E-state index < -0.39 is 0 Å². The lowest BCUT2D eigenvalue weighted by Crippen LogP contribution is -2.55. The van der Waals surface area contributed by atoms with E-state index in [-0.39, 0.29) is 5.41 Å². The van der Waals surface area contributed by atoms with Gasteiger partial charge in [0.25, 0.3) is 0 Å². The fraction of sp³-hybridized carbons (Fsp3) is 0.750. The summed E-state index contributed by atoms with van der Waals surface area (Å²) in [5.74, 6) is 0.771. The SMILES string of the molecule is CCC(C)C1CN(CC(C)(C)c2cccs2)CCN1. The summed E-state index contributed by atoms with van der Waals surface area (Å²) in [5, 5.41) is 5.87. The highest BCUT2D eigenvalue weighted by Gasteiger charge is 2.29. The van der Waals surface area contributed by atoms with Crippen LogP contribution < -0.4 is 5.32 Å². The number of hydrogen-bond acceptors (Lipinski definition) is 3. The number of thiophene rings is 1. The predicted molar refractivity (Wildman–Crippen MR) is 85.0 cm³/mol. The van der Waals surface area contributed by atoms with Gasteiger partial charge in [0.1, 0.15) is 0 Å². The van der Waals surface area contributed by atoms with Gasteiger partial charge in [-0.2, -0.15) is 0 Å². The van der Waals surface area contributed by atoms with Crippen molar-refractivity contribution in [1.82, 2.24) is 10.2 Å². The molecule has 19 heavy (non-hydrogen) atoms. The van der Waals surface area contributed by atoms with Crippen LogP contribution in [-0.2, 0) is 5.41 Å². The van der Waals surface area contributed by atoms with Gasteiger partial charge in [-0.05, 0) is 17.4 Å². The summed E-state index contributed by atoms with van der Waals surface area (Å²) < 4.78 is 0. The molecule has 1 aliphatic heterocycles. The Bertz CT molecular complexity index is 372. The van der Waals surface area contributed by atoms with Crippen molar-refractivity contribution >= 4 is 11.3 Å². The average molecular weight is 280 g/mol. The van der Waals surface area contributed by atoms with Gasteiger partial charge >= 0.3 is 0 Å². The summed E-state index contributed by atoms with van der Waals surface area (Å²) in [4.78, 5) is 4.15. The van der Waals surface area contributed by atoms with Crippen molar-refractivity contribution in [3.63, 3.8) is 0 Å². The summed E-state index contributed by atoms with van der Waals surface area (Å²) in [6.45, 7) is 14.1. The third kappa shape index (κ3) is 3.80. The molecule has 1 N–H and O–H groups in total. The Morgan fingerprint density at radius 3 is 2.95 bits per heavy atom. The summed E-state index contributed by atoms with van der Waals surface area (Å²) in [7, 11) is 0. The molecule has 1 fully saturated rings. The molecule has 0 saturated carbocycles. The van der Waals surface area contributed by atoms with Crippen molar-refractivity contribution in [1.29, 1.82) is 0 Å². The molecular formula is C16H28N2S. The maximum atomic E-state index is 3.68. The molecule has 1 aromatic rings. The standard InChI is InChI=1S/C16H28N2S/c1-5-13(2)14-11-18(9-8-17-14)12-16(3,4)15-7-6-10-19-15/h6-7,10,13-14,17H,5,8-9,11-12H2,1-4H3. The minimum Gasteiger partial charge on any atom is -0.311 e. The molecule has 1 aromatic heterocycles. The van der Waals surface area contributed by atoms with Gasteiger partial charge in [-0.25, -0.2) is 0 Å². The maximum absolute atomic E-state index is 3.68. The lowest BCUT2D eigenvalue weighted by molar-refractivity contribution is 0.145. The van der Waals surface area contributed by atoms with Crippen LogP contribution in [0.4, 0.5) is 0 Å². The van der Waals surface area contributed by atoms with E-state index >= 15 is 0 Å². The monoisotopic (exact) mass is 280 g/mol. The molecule has 0 radical (unpaired) electrons. The first kappa shape index (κ1) is 15.0. The van der Waals surface area contributed by atoms with Gasteiger partial charge in [0, 0.05) is 42.5 Å². The molecule has 0 amide bonds. The zero-order valence-corrected chi connectivity index (χ0v) is 13.6. The lowest BCUT2D eigenvalue weighted by Gasteiger charge is -2.40. The Balaban J connectivity index is 1.95. The molecule has 2 unspecified atom stereocenters. The van der Waals surface area contributed by atoms with E-state index in [0.717, 1.165) is 12.5 Å². The van der Waals surface area contributed by atoms with Crippen molar-refractivity contribution in [2.75, 3.05) is 26.2 Å². The second-order valence-corrected chi connectivity index (χ2v) is 7.49. The Morgan fingerprint density at radius 2 is 2.32 bits per heavy atom. The molecule has 108 valence electrons. The van der Waals surface area contributed by atoms with E-state index in [1.165, 1.54) is 30.9 Å². The molecule has 0 bridgehead atoms. The fourth-order valence-corrected chi connectivity index (χ4v) is 3.80. The molecule has 3 heteroatoms. The molecule has 2 atom stereocenters. The topological polar surface area (TPSA) is 15.3 Å². The molecule has 1 aliphatic rings. The normalized spacial score (nSPS) is 23.5. The fourth-order valence-electron chi connectivity index (χ4n) is 2.95. The van der Waals surface area contributed by atoms with E-state index in [4.69, 9.17) is 0 Å². The molecule has 2 rings (SSSR count). The highest BCUT2D eigenvalue weighted by atomic mass is 32.1. The molecule has 0 aromatic carbocycles. The van der Waals surface area contributed by atoms with Crippen LogP contribution in [0.25, 0.3) is 0 Å². The van der Waals surface area contributed by atoms with Gasteiger partial charge in [-0.15, -0.1) is 11.3 Å². The molecule has 2 heterocycles. The first-order valence-corrected chi connectivity index (χ1v) is 8.40. The van der Waals surface area contributed by atoms with E-state index in [0.29, 0.717) is 6.04 Å². The summed E-state index contributed by atoms with van der Waals surface area (Å²) in [6.07, 6.45) is 1.26. The van der Waals surface area contributed by atoms with Gasteiger partial charge in [-0.3, -0.25) is 4.90 Å². The first-order chi connectivity index (χ1) is 9.03. The summed E-state index contributed by atoms with van der Waals surface area (Å²) in [6, 6.07) is 5.11. The number of piperazine rings is 1. The van der Waals surface area contributed by atoms with Crippen LogP contribution in [-0.4, -0.2) is 37.1 Å². The van der Waals surface area contributed by atoms with Crippen LogP contribution in [0.1, 0.15) is 39.0 Å². The number of nitrogens with zero attached hydrogens (tertiary/aromatic N) is 1. The highest BCUT2D eigenvalue weighted by Crippen LogP contribution is 2.29. The van der Waals surface area contributed by atoms with E-state index in [1.807, 2.05) is 11.3 Å². The van der Waals surface area contributed by atoms with Gasteiger partial charge < -0.3 is 5.32 Å². The van der Waals surface area contributed by atoms with Gasteiger partial charge in [-0.1, -0.05) is 40.2 Å². The Kier molecular flexibility index (Phi) is 5.04. The van der Waals surface area contributed by atoms with Crippen molar-refractivity contribution < 1.29 is 0 Å². The highest BCUT2D eigenvalue weighted by molar-refractivity contribution is 7.10. The Morgan fingerprint density at radius 1 is 1.53 bits per heavy atom. The van der Waals surface area contributed by atoms with E-state index in [2.05, 4.69) is 55.4 Å². The average Bonchev–Trinajstić information content (AvgIpc) is 2.92.